The molecule has 1 aliphatic heterocycles. The van der Waals surface area contributed by atoms with E-state index >= 15 is 0 Å². The van der Waals surface area contributed by atoms with Crippen molar-refractivity contribution in [2.75, 3.05) is 33.2 Å². The van der Waals surface area contributed by atoms with E-state index in [1.54, 1.807) is 0 Å². The van der Waals surface area contributed by atoms with E-state index in [2.05, 4.69) is 10.6 Å². The number of halogens is 1. The van der Waals surface area contributed by atoms with Gasteiger partial charge in [-0.2, -0.15) is 0 Å². The highest BCUT2D eigenvalue weighted by atomic mass is 35.5. The second-order valence-electron chi connectivity index (χ2n) is 4.63. The number of rotatable bonds is 5. The lowest BCUT2D eigenvalue weighted by Gasteiger charge is -2.32. The van der Waals surface area contributed by atoms with Gasteiger partial charge < -0.3 is 15.5 Å². The highest BCUT2D eigenvalue weighted by Gasteiger charge is 2.22. The minimum absolute atomic E-state index is 0. The van der Waals surface area contributed by atoms with E-state index in [9.17, 15) is 9.59 Å². The van der Waals surface area contributed by atoms with E-state index in [0.717, 1.165) is 38.4 Å². The SMILES string of the molecule is CNCCC1CCN(C(=O)CNC(C)=O)CC1.Cl. The van der Waals surface area contributed by atoms with Gasteiger partial charge in [0, 0.05) is 20.0 Å². The second kappa shape index (κ2) is 9.16. The maximum Gasteiger partial charge on any atom is 0.241 e. The van der Waals surface area contributed by atoms with Crippen LogP contribution in [0.1, 0.15) is 26.2 Å². The first-order valence-corrected chi connectivity index (χ1v) is 6.30. The molecule has 2 N–H and O–H groups in total. The van der Waals surface area contributed by atoms with Crippen LogP contribution in [0.4, 0.5) is 0 Å². The van der Waals surface area contributed by atoms with Crippen LogP contribution in [0.15, 0.2) is 0 Å². The summed E-state index contributed by atoms with van der Waals surface area (Å²) in [5.41, 5.74) is 0. The number of nitrogens with one attached hydrogen (secondary N) is 2. The van der Waals surface area contributed by atoms with Crippen LogP contribution >= 0.6 is 12.4 Å². The van der Waals surface area contributed by atoms with Gasteiger partial charge in [0.25, 0.3) is 0 Å². The monoisotopic (exact) mass is 277 g/mol. The fraction of sp³-hybridized carbons (Fsp3) is 0.833. The molecule has 0 aliphatic carbocycles. The summed E-state index contributed by atoms with van der Waals surface area (Å²) in [4.78, 5) is 24.3. The Morgan fingerprint density at radius 1 is 1.28 bits per heavy atom. The average molecular weight is 278 g/mol. The lowest BCUT2D eigenvalue weighted by Crippen LogP contribution is -2.43. The number of carbonyl (C=O) groups excluding carboxylic acids is 2. The number of hydrogen-bond donors (Lipinski definition) is 2. The molecule has 1 rings (SSSR count). The Morgan fingerprint density at radius 2 is 1.89 bits per heavy atom. The molecular formula is C12H24ClN3O2. The number of hydrogen-bond acceptors (Lipinski definition) is 3. The number of amides is 2. The first-order chi connectivity index (χ1) is 8.13. The largest absolute Gasteiger partial charge is 0.347 e. The smallest absolute Gasteiger partial charge is 0.241 e. The summed E-state index contributed by atoms with van der Waals surface area (Å²) >= 11 is 0. The van der Waals surface area contributed by atoms with Crippen molar-refractivity contribution in [3.8, 4) is 0 Å². The zero-order chi connectivity index (χ0) is 12.7. The van der Waals surface area contributed by atoms with Crippen LogP contribution in [0, 0.1) is 5.92 Å². The Hall–Kier alpha value is -0.810. The second-order valence-corrected chi connectivity index (χ2v) is 4.63. The minimum Gasteiger partial charge on any atom is -0.347 e. The average Bonchev–Trinajstić information content (AvgIpc) is 2.34. The number of carbonyl (C=O) groups is 2. The lowest BCUT2D eigenvalue weighted by molar-refractivity contribution is -0.133. The molecule has 6 heteroatoms. The first-order valence-electron chi connectivity index (χ1n) is 6.30. The van der Waals surface area contributed by atoms with Gasteiger partial charge in [-0.05, 0) is 38.8 Å². The summed E-state index contributed by atoms with van der Waals surface area (Å²) in [5.74, 6) is 0.613. The van der Waals surface area contributed by atoms with Crippen LogP contribution in [-0.4, -0.2) is 49.9 Å². The predicted octanol–water partition coefficient (Wildman–Crippen LogP) is 0.392. The Labute approximate surface area is 115 Å². The molecule has 18 heavy (non-hydrogen) atoms. The van der Waals surface area contributed by atoms with Crippen LogP contribution < -0.4 is 10.6 Å². The van der Waals surface area contributed by atoms with Crippen molar-refractivity contribution >= 4 is 24.2 Å². The van der Waals surface area contributed by atoms with E-state index in [4.69, 9.17) is 0 Å². The lowest BCUT2D eigenvalue weighted by atomic mass is 9.93. The van der Waals surface area contributed by atoms with Gasteiger partial charge in [0.2, 0.25) is 11.8 Å². The van der Waals surface area contributed by atoms with Gasteiger partial charge in [-0.15, -0.1) is 12.4 Å². The van der Waals surface area contributed by atoms with Crippen LogP contribution in [0.5, 0.6) is 0 Å². The molecule has 0 aromatic rings. The standard InChI is InChI=1S/C12H23N3O2.ClH/c1-10(16)14-9-12(17)15-7-4-11(5-8-15)3-6-13-2;/h11,13H,3-9H2,1-2H3,(H,14,16);1H. The summed E-state index contributed by atoms with van der Waals surface area (Å²) in [7, 11) is 1.96. The summed E-state index contributed by atoms with van der Waals surface area (Å²) < 4.78 is 0. The summed E-state index contributed by atoms with van der Waals surface area (Å²) in [5, 5.41) is 5.70. The minimum atomic E-state index is -0.151. The molecule has 0 saturated carbocycles. The molecular weight excluding hydrogens is 254 g/mol. The van der Waals surface area contributed by atoms with Crippen molar-refractivity contribution in [2.45, 2.75) is 26.2 Å². The number of piperidine rings is 1. The molecule has 0 atom stereocenters. The van der Waals surface area contributed by atoms with Gasteiger partial charge >= 0.3 is 0 Å². The molecule has 2 amide bonds. The van der Waals surface area contributed by atoms with Gasteiger partial charge in [0.05, 0.1) is 6.54 Å². The van der Waals surface area contributed by atoms with Gasteiger partial charge in [-0.3, -0.25) is 9.59 Å². The third-order valence-electron chi connectivity index (χ3n) is 3.26. The number of nitrogens with zero attached hydrogens (tertiary/aromatic N) is 1. The van der Waals surface area contributed by atoms with Crippen molar-refractivity contribution in [1.29, 1.82) is 0 Å². The van der Waals surface area contributed by atoms with Crippen LogP contribution in [0.2, 0.25) is 0 Å². The third kappa shape index (κ3) is 6.21. The number of likely N-dealkylation sites (tertiary alicyclic amines) is 1. The molecule has 0 radical (unpaired) electrons. The fourth-order valence-corrected chi connectivity index (χ4v) is 2.13. The normalized spacial score (nSPS) is 16.0. The van der Waals surface area contributed by atoms with Crippen molar-refractivity contribution in [3.63, 3.8) is 0 Å². The maximum absolute atomic E-state index is 11.7. The molecule has 0 unspecified atom stereocenters. The van der Waals surface area contributed by atoms with Gasteiger partial charge in [0.15, 0.2) is 0 Å². The van der Waals surface area contributed by atoms with Crippen molar-refractivity contribution < 1.29 is 9.59 Å². The molecule has 106 valence electrons. The summed E-state index contributed by atoms with van der Waals surface area (Å²) in [6, 6.07) is 0. The predicted molar refractivity (Wildman–Crippen MR) is 73.8 cm³/mol. The highest BCUT2D eigenvalue weighted by Crippen LogP contribution is 2.19. The molecule has 1 heterocycles. The van der Waals surface area contributed by atoms with Gasteiger partial charge in [-0.1, -0.05) is 0 Å². The maximum atomic E-state index is 11.7. The molecule has 1 fully saturated rings. The highest BCUT2D eigenvalue weighted by molar-refractivity contribution is 5.85. The summed E-state index contributed by atoms with van der Waals surface area (Å²) in [6.07, 6.45) is 3.34. The van der Waals surface area contributed by atoms with Gasteiger partial charge in [0.1, 0.15) is 0 Å². The first kappa shape index (κ1) is 17.2. The van der Waals surface area contributed by atoms with E-state index in [0.29, 0.717) is 0 Å². The van der Waals surface area contributed by atoms with Crippen molar-refractivity contribution in [2.24, 2.45) is 5.92 Å². The Balaban J connectivity index is 0.00000289. The van der Waals surface area contributed by atoms with Crippen molar-refractivity contribution in [3.05, 3.63) is 0 Å². The van der Waals surface area contributed by atoms with E-state index in [1.807, 2.05) is 11.9 Å². The molecule has 1 saturated heterocycles. The Kier molecular flexibility index (Phi) is 8.75. The third-order valence-corrected chi connectivity index (χ3v) is 3.26. The van der Waals surface area contributed by atoms with Gasteiger partial charge in [-0.25, -0.2) is 0 Å². The fourth-order valence-electron chi connectivity index (χ4n) is 2.13. The molecule has 0 aromatic carbocycles. The van der Waals surface area contributed by atoms with E-state index in [1.165, 1.54) is 13.3 Å². The molecule has 0 aromatic heterocycles. The van der Waals surface area contributed by atoms with Crippen LogP contribution in [-0.2, 0) is 9.59 Å². The Bertz CT molecular complexity index is 266. The zero-order valence-electron chi connectivity index (χ0n) is 11.2. The van der Waals surface area contributed by atoms with Crippen LogP contribution in [0.3, 0.4) is 0 Å². The molecule has 0 bridgehead atoms. The van der Waals surface area contributed by atoms with Crippen molar-refractivity contribution in [1.82, 2.24) is 15.5 Å². The van der Waals surface area contributed by atoms with E-state index in [-0.39, 0.29) is 30.8 Å². The van der Waals surface area contributed by atoms with Crippen LogP contribution in [0.25, 0.3) is 0 Å². The Morgan fingerprint density at radius 3 is 2.39 bits per heavy atom. The molecule has 0 spiro atoms. The molecule has 5 nitrogen and oxygen atoms in total. The zero-order valence-corrected chi connectivity index (χ0v) is 12.0. The quantitative estimate of drug-likeness (QED) is 0.764. The van der Waals surface area contributed by atoms with E-state index < -0.39 is 0 Å². The molecule has 1 aliphatic rings. The topological polar surface area (TPSA) is 61.4 Å². The summed E-state index contributed by atoms with van der Waals surface area (Å²) in [6.45, 7) is 4.26.